The van der Waals surface area contributed by atoms with Crippen LogP contribution >= 0.6 is 0 Å². The maximum atomic E-state index is 4.13. The lowest BCUT2D eigenvalue weighted by atomic mass is 10.1. The van der Waals surface area contributed by atoms with Gasteiger partial charge in [-0.05, 0) is 34.9 Å². The van der Waals surface area contributed by atoms with Crippen LogP contribution in [0.25, 0.3) is 5.65 Å². The Bertz CT molecular complexity index is 703. The van der Waals surface area contributed by atoms with Crippen molar-refractivity contribution in [2.45, 2.75) is 26.3 Å². The second-order valence-corrected chi connectivity index (χ2v) is 4.70. The molecule has 0 aliphatic rings. The van der Waals surface area contributed by atoms with Crippen LogP contribution in [-0.4, -0.2) is 25.0 Å². The second kappa shape index (κ2) is 5.24. The van der Waals surface area contributed by atoms with E-state index in [2.05, 4.69) is 63.9 Å². The molecule has 1 aromatic carbocycles. The number of hydrogen-bond acceptors (Lipinski definition) is 5. The first-order chi connectivity index (χ1) is 9.78. The molecule has 0 spiro atoms. The normalized spacial score (nSPS) is 12.5. The summed E-state index contributed by atoms with van der Waals surface area (Å²) < 4.78 is 1.64. The number of nitrogens with one attached hydrogen (secondary N) is 1. The number of aromatic nitrogens is 5. The summed E-state index contributed by atoms with van der Waals surface area (Å²) in [6.07, 6.45) is 4.40. The average Bonchev–Trinajstić information content (AvgIpc) is 2.97. The molecule has 6 nitrogen and oxygen atoms in total. The molecule has 1 atom stereocenters. The topological polar surface area (TPSA) is 68.0 Å². The lowest BCUT2D eigenvalue weighted by Gasteiger charge is -2.15. The minimum absolute atomic E-state index is 0.150. The first-order valence-electron chi connectivity index (χ1n) is 6.65. The highest BCUT2D eigenvalue weighted by Crippen LogP contribution is 2.19. The van der Waals surface area contributed by atoms with Crippen LogP contribution in [0.4, 0.5) is 5.82 Å². The molecule has 2 heterocycles. The Balaban J connectivity index is 1.84. The van der Waals surface area contributed by atoms with Crippen LogP contribution in [0.1, 0.15) is 31.0 Å². The Labute approximate surface area is 116 Å². The molecule has 0 saturated heterocycles. The van der Waals surface area contributed by atoms with Crippen LogP contribution < -0.4 is 5.32 Å². The van der Waals surface area contributed by atoms with E-state index in [4.69, 9.17) is 0 Å². The van der Waals surface area contributed by atoms with Crippen LogP contribution in [0.3, 0.4) is 0 Å². The molecule has 0 saturated carbocycles. The summed E-state index contributed by atoms with van der Waals surface area (Å²) in [7, 11) is 0. The van der Waals surface area contributed by atoms with Gasteiger partial charge in [-0.3, -0.25) is 4.98 Å². The van der Waals surface area contributed by atoms with Gasteiger partial charge < -0.3 is 5.32 Å². The number of fused-ring (bicyclic) bond motifs is 1. The Kier molecular flexibility index (Phi) is 3.28. The summed E-state index contributed by atoms with van der Waals surface area (Å²) in [5.41, 5.74) is 3.18. The van der Waals surface area contributed by atoms with Crippen molar-refractivity contribution in [2.24, 2.45) is 0 Å². The predicted molar refractivity (Wildman–Crippen MR) is 76.4 cm³/mol. The summed E-state index contributed by atoms with van der Waals surface area (Å²) in [6, 6.07) is 8.75. The van der Waals surface area contributed by atoms with Gasteiger partial charge in [-0.2, -0.15) is 4.52 Å². The third-order valence-corrected chi connectivity index (χ3v) is 3.36. The average molecular weight is 268 g/mol. The fourth-order valence-corrected chi connectivity index (χ4v) is 2.12. The van der Waals surface area contributed by atoms with Crippen molar-refractivity contribution in [3.05, 3.63) is 47.8 Å². The van der Waals surface area contributed by atoms with Crippen LogP contribution in [0.2, 0.25) is 0 Å². The van der Waals surface area contributed by atoms with E-state index in [1.54, 1.807) is 16.9 Å². The maximum Gasteiger partial charge on any atom is 0.199 e. The minimum Gasteiger partial charge on any atom is -0.362 e. The molecule has 0 amide bonds. The van der Waals surface area contributed by atoms with Crippen molar-refractivity contribution in [3.8, 4) is 0 Å². The van der Waals surface area contributed by atoms with Gasteiger partial charge in [-0.25, -0.2) is 0 Å². The lowest BCUT2D eigenvalue weighted by Crippen LogP contribution is -2.10. The smallest absolute Gasteiger partial charge is 0.199 e. The van der Waals surface area contributed by atoms with Crippen molar-refractivity contribution in [2.75, 3.05) is 5.32 Å². The zero-order valence-electron chi connectivity index (χ0n) is 11.5. The summed E-state index contributed by atoms with van der Waals surface area (Å²) in [5, 5.41) is 14.9. The first-order valence-corrected chi connectivity index (χ1v) is 6.65. The molecular formula is C14H16N6. The predicted octanol–water partition coefficient (Wildman–Crippen LogP) is 2.25. The number of aryl methyl sites for hydroxylation is 1. The van der Waals surface area contributed by atoms with E-state index in [1.807, 2.05) is 0 Å². The zero-order valence-corrected chi connectivity index (χ0v) is 11.5. The number of benzene rings is 1. The third-order valence-electron chi connectivity index (χ3n) is 3.36. The highest BCUT2D eigenvalue weighted by molar-refractivity contribution is 5.45. The Morgan fingerprint density at radius 3 is 2.75 bits per heavy atom. The molecule has 1 N–H and O–H groups in total. The van der Waals surface area contributed by atoms with E-state index in [0.29, 0.717) is 5.65 Å². The van der Waals surface area contributed by atoms with Gasteiger partial charge in [-0.15, -0.1) is 5.10 Å². The van der Waals surface area contributed by atoms with Crippen molar-refractivity contribution in [1.29, 1.82) is 0 Å². The molecule has 0 bridgehead atoms. The number of tetrazole rings is 1. The molecule has 3 rings (SSSR count). The molecule has 2 aromatic heterocycles. The highest BCUT2D eigenvalue weighted by atomic mass is 15.5. The molecular weight excluding hydrogens is 252 g/mol. The lowest BCUT2D eigenvalue weighted by molar-refractivity contribution is 0.796. The van der Waals surface area contributed by atoms with Gasteiger partial charge in [0.05, 0.1) is 12.4 Å². The Morgan fingerprint density at radius 1 is 1.20 bits per heavy atom. The quantitative estimate of drug-likeness (QED) is 0.786. The molecule has 6 heteroatoms. The van der Waals surface area contributed by atoms with Gasteiger partial charge >= 0.3 is 0 Å². The molecule has 0 aliphatic heterocycles. The van der Waals surface area contributed by atoms with Gasteiger partial charge in [0, 0.05) is 6.04 Å². The maximum absolute atomic E-state index is 4.13. The second-order valence-electron chi connectivity index (χ2n) is 4.70. The summed E-state index contributed by atoms with van der Waals surface area (Å²) in [4.78, 5) is 4.13. The molecule has 102 valence electrons. The SMILES string of the molecule is CCc1ccc(C(C)Nc2cncc3nnnn23)cc1. The van der Waals surface area contributed by atoms with Crippen LogP contribution in [0, 0.1) is 0 Å². The molecule has 20 heavy (non-hydrogen) atoms. The van der Waals surface area contributed by atoms with Gasteiger partial charge in [-0.1, -0.05) is 31.2 Å². The third kappa shape index (κ3) is 2.32. The van der Waals surface area contributed by atoms with Gasteiger partial charge in [0.1, 0.15) is 0 Å². The van der Waals surface area contributed by atoms with E-state index < -0.39 is 0 Å². The van der Waals surface area contributed by atoms with Crippen molar-refractivity contribution in [3.63, 3.8) is 0 Å². The highest BCUT2D eigenvalue weighted by Gasteiger charge is 2.09. The standard InChI is InChI=1S/C14H16N6/c1-3-11-4-6-12(7-5-11)10(2)16-13-8-15-9-14-17-18-19-20(13)14/h4-10,16H,3H2,1-2H3. The van der Waals surface area contributed by atoms with E-state index in [0.717, 1.165) is 12.2 Å². The monoisotopic (exact) mass is 268 g/mol. The van der Waals surface area contributed by atoms with E-state index in [-0.39, 0.29) is 6.04 Å². The first kappa shape index (κ1) is 12.5. The number of anilines is 1. The van der Waals surface area contributed by atoms with Crippen molar-refractivity contribution in [1.82, 2.24) is 25.0 Å². The molecule has 1 unspecified atom stereocenters. The fraction of sp³-hybridized carbons (Fsp3) is 0.286. The van der Waals surface area contributed by atoms with E-state index >= 15 is 0 Å². The zero-order chi connectivity index (χ0) is 13.9. The van der Waals surface area contributed by atoms with Crippen molar-refractivity contribution < 1.29 is 0 Å². The minimum atomic E-state index is 0.150. The number of hydrogen-bond donors (Lipinski definition) is 1. The van der Waals surface area contributed by atoms with Crippen molar-refractivity contribution >= 4 is 11.5 Å². The largest absolute Gasteiger partial charge is 0.362 e. The molecule has 0 fully saturated rings. The summed E-state index contributed by atoms with van der Waals surface area (Å²) in [6.45, 7) is 4.25. The number of rotatable bonds is 4. The van der Waals surface area contributed by atoms with Gasteiger partial charge in [0.25, 0.3) is 0 Å². The van der Waals surface area contributed by atoms with E-state index in [9.17, 15) is 0 Å². The molecule has 0 aliphatic carbocycles. The Morgan fingerprint density at radius 2 is 2.00 bits per heavy atom. The van der Waals surface area contributed by atoms with Gasteiger partial charge in [0.2, 0.25) is 0 Å². The van der Waals surface area contributed by atoms with Crippen LogP contribution in [0.5, 0.6) is 0 Å². The van der Waals surface area contributed by atoms with E-state index in [1.165, 1.54) is 11.1 Å². The van der Waals surface area contributed by atoms with Crippen LogP contribution in [-0.2, 0) is 6.42 Å². The van der Waals surface area contributed by atoms with Crippen LogP contribution in [0.15, 0.2) is 36.7 Å². The summed E-state index contributed by atoms with van der Waals surface area (Å²) in [5.74, 6) is 0.777. The number of nitrogens with zero attached hydrogens (tertiary/aromatic N) is 5. The van der Waals surface area contributed by atoms with Gasteiger partial charge in [0.15, 0.2) is 11.5 Å². The summed E-state index contributed by atoms with van der Waals surface area (Å²) >= 11 is 0. The molecule has 0 radical (unpaired) electrons. The molecule has 3 aromatic rings. The fourth-order valence-electron chi connectivity index (χ4n) is 2.12. The Hall–Kier alpha value is -2.50.